The minimum absolute atomic E-state index is 0.106. The highest BCUT2D eigenvalue weighted by Gasteiger charge is 2.14. The second kappa shape index (κ2) is 6.88. The predicted octanol–water partition coefficient (Wildman–Crippen LogP) is 1.65. The fourth-order valence-electron chi connectivity index (χ4n) is 2.04. The Balaban J connectivity index is 1.78. The SMILES string of the molecule is Cc1cccc(C)c1OCCNC(=O)[C@H](C)n1cncn1. The van der Waals surface area contributed by atoms with Crippen LogP contribution in [0.2, 0.25) is 0 Å². The first-order chi connectivity index (χ1) is 10.1. The zero-order valence-electron chi connectivity index (χ0n) is 12.5. The first kappa shape index (κ1) is 15.0. The lowest BCUT2D eigenvalue weighted by Crippen LogP contribution is -2.34. The second-order valence-corrected chi connectivity index (χ2v) is 4.91. The van der Waals surface area contributed by atoms with E-state index in [1.165, 1.54) is 17.3 Å². The molecule has 0 spiro atoms. The van der Waals surface area contributed by atoms with Crippen LogP contribution < -0.4 is 10.1 Å². The molecule has 1 aromatic carbocycles. The van der Waals surface area contributed by atoms with Crippen molar-refractivity contribution in [3.8, 4) is 5.75 Å². The third kappa shape index (κ3) is 3.81. The molecule has 2 rings (SSSR count). The molecule has 0 unspecified atom stereocenters. The standard InChI is InChI=1S/C15H20N4O2/c1-11-5-4-6-12(2)14(11)21-8-7-17-15(20)13(3)19-10-16-9-18-19/h4-6,9-10,13H,7-8H2,1-3H3,(H,17,20)/t13-/m0/s1. The molecule has 1 heterocycles. The van der Waals surface area contributed by atoms with E-state index in [1.807, 2.05) is 32.0 Å². The normalized spacial score (nSPS) is 12.0. The number of benzene rings is 1. The molecule has 1 atom stereocenters. The summed E-state index contributed by atoms with van der Waals surface area (Å²) in [5, 5.41) is 6.78. The highest BCUT2D eigenvalue weighted by atomic mass is 16.5. The largest absolute Gasteiger partial charge is 0.491 e. The number of amides is 1. The third-order valence-electron chi connectivity index (χ3n) is 3.27. The number of rotatable bonds is 6. The van der Waals surface area contributed by atoms with Crippen molar-refractivity contribution in [3.05, 3.63) is 42.0 Å². The molecule has 1 aromatic heterocycles. The number of aryl methyl sites for hydroxylation is 2. The molecule has 1 N–H and O–H groups in total. The minimum atomic E-state index is -0.382. The average Bonchev–Trinajstić information content (AvgIpc) is 2.99. The van der Waals surface area contributed by atoms with E-state index in [1.54, 1.807) is 6.92 Å². The Morgan fingerprint density at radius 1 is 1.38 bits per heavy atom. The van der Waals surface area contributed by atoms with Crippen molar-refractivity contribution in [2.75, 3.05) is 13.2 Å². The summed E-state index contributed by atoms with van der Waals surface area (Å²) in [6.07, 6.45) is 2.94. The van der Waals surface area contributed by atoms with Gasteiger partial charge in [-0.05, 0) is 31.9 Å². The summed E-state index contributed by atoms with van der Waals surface area (Å²) in [7, 11) is 0. The topological polar surface area (TPSA) is 69.0 Å². The number of hydrogen-bond donors (Lipinski definition) is 1. The van der Waals surface area contributed by atoms with Crippen molar-refractivity contribution in [2.24, 2.45) is 0 Å². The third-order valence-corrected chi connectivity index (χ3v) is 3.27. The van der Waals surface area contributed by atoms with E-state index in [2.05, 4.69) is 15.4 Å². The smallest absolute Gasteiger partial charge is 0.244 e. The number of carbonyl (C=O) groups excluding carboxylic acids is 1. The van der Waals surface area contributed by atoms with Crippen LogP contribution in [0.1, 0.15) is 24.1 Å². The minimum Gasteiger partial charge on any atom is -0.491 e. The van der Waals surface area contributed by atoms with Gasteiger partial charge in [0, 0.05) is 0 Å². The van der Waals surface area contributed by atoms with E-state index in [4.69, 9.17) is 4.74 Å². The van der Waals surface area contributed by atoms with Gasteiger partial charge in [-0.3, -0.25) is 4.79 Å². The molecule has 6 heteroatoms. The molecule has 0 saturated heterocycles. The zero-order valence-corrected chi connectivity index (χ0v) is 12.5. The summed E-state index contributed by atoms with van der Waals surface area (Å²) in [5.74, 6) is 0.779. The summed E-state index contributed by atoms with van der Waals surface area (Å²) < 4.78 is 7.25. The lowest BCUT2D eigenvalue weighted by atomic mass is 10.1. The van der Waals surface area contributed by atoms with Crippen molar-refractivity contribution in [2.45, 2.75) is 26.8 Å². The predicted molar refractivity (Wildman–Crippen MR) is 79.2 cm³/mol. The molecule has 1 amide bonds. The van der Waals surface area contributed by atoms with Gasteiger partial charge in [0.1, 0.15) is 31.1 Å². The lowest BCUT2D eigenvalue weighted by molar-refractivity contribution is -0.124. The quantitative estimate of drug-likeness (QED) is 0.821. The van der Waals surface area contributed by atoms with E-state index < -0.39 is 0 Å². The van der Waals surface area contributed by atoms with E-state index in [0.29, 0.717) is 13.2 Å². The van der Waals surface area contributed by atoms with Crippen LogP contribution in [-0.2, 0) is 4.79 Å². The number of hydrogen-bond acceptors (Lipinski definition) is 4. The van der Waals surface area contributed by atoms with Crippen LogP contribution in [-0.4, -0.2) is 33.8 Å². The van der Waals surface area contributed by atoms with Crippen LogP contribution in [0.5, 0.6) is 5.75 Å². The first-order valence-electron chi connectivity index (χ1n) is 6.90. The fourth-order valence-corrected chi connectivity index (χ4v) is 2.04. The Hall–Kier alpha value is -2.37. The highest BCUT2D eigenvalue weighted by molar-refractivity contribution is 5.79. The van der Waals surface area contributed by atoms with Crippen LogP contribution in [0.3, 0.4) is 0 Å². The second-order valence-electron chi connectivity index (χ2n) is 4.91. The van der Waals surface area contributed by atoms with Crippen LogP contribution >= 0.6 is 0 Å². The summed E-state index contributed by atoms with van der Waals surface area (Å²) in [5.41, 5.74) is 2.19. The maximum absolute atomic E-state index is 11.9. The molecule has 0 aliphatic carbocycles. The summed E-state index contributed by atoms with van der Waals surface area (Å²) in [6, 6.07) is 5.63. The van der Waals surface area contributed by atoms with Crippen molar-refractivity contribution in [1.82, 2.24) is 20.1 Å². The molecular weight excluding hydrogens is 268 g/mol. The van der Waals surface area contributed by atoms with Gasteiger partial charge in [-0.2, -0.15) is 5.10 Å². The van der Waals surface area contributed by atoms with Crippen molar-refractivity contribution >= 4 is 5.91 Å². The Morgan fingerprint density at radius 2 is 2.10 bits per heavy atom. The number of nitrogens with one attached hydrogen (secondary N) is 1. The Labute approximate surface area is 124 Å². The van der Waals surface area contributed by atoms with Crippen molar-refractivity contribution in [3.63, 3.8) is 0 Å². The maximum atomic E-state index is 11.9. The fraction of sp³-hybridized carbons (Fsp3) is 0.400. The molecule has 21 heavy (non-hydrogen) atoms. The number of carbonyl (C=O) groups is 1. The summed E-state index contributed by atoms with van der Waals surface area (Å²) in [6.45, 7) is 6.67. The van der Waals surface area contributed by atoms with Crippen LogP contribution in [0, 0.1) is 13.8 Å². The van der Waals surface area contributed by atoms with Crippen LogP contribution in [0.25, 0.3) is 0 Å². The van der Waals surface area contributed by atoms with Crippen molar-refractivity contribution < 1.29 is 9.53 Å². The van der Waals surface area contributed by atoms with E-state index in [-0.39, 0.29) is 11.9 Å². The molecular formula is C15H20N4O2. The van der Waals surface area contributed by atoms with Crippen LogP contribution in [0.4, 0.5) is 0 Å². The van der Waals surface area contributed by atoms with Gasteiger partial charge in [0.2, 0.25) is 5.91 Å². The molecule has 0 aliphatic rings. The number of nitrogens with zero attached hydrogens (tertiary/aromatic N) is 3. The first-order valence-corrected chi connectivity index (χ1v) is 6.90. The lowest BCUT2D eigenvalue weighted by Gasteiger charge is -2.14. The number of aromatic nitrogens is 3. The van der Waals surface area contributed by atoms with Gasteiger partial charge in [-0.15, -0.1) is 0 Å². The van der Waals surface area contributed by atoms with Gasteiger partial charge in [-0.25, -0.2) is 9.67 Å². The van der Waals surface area contributed by atoms with Gasteiger partial charge in [0.05, 0.1) is 6.54 Å². The van der Waals surface area contributed by atoms with E-state index in [0.717, 1.165) is 16.9 Å². The Kier molecular flexibility index (Phi) is 4.92. The molecule has 0 radical (unpaired) electrons. The van der Waals surface area contributed by atoms with E-state index in [9.17, 15) is 4.79 Å². The van der Waals surface area contributed by atoms with E-state index >= 15 is 0 Å². The molecule has 2 aromatic rings. The van der Waals surface area contributed by atoms with Gasteiger partial charge in [-0.1, -0.05) is 18.2 Å². The molecule has 112 valence electrons. The van der Waals surface area contributed by atoms with Crippen LogP contribution in [0.15, 0.2) is 30.9 Å². The Bertz CT molecular complexity index is 575. The summed E-state index contributed by atoms with van der Waals surface area (Å²) >= 11 is 0. The average molecular weight is 288 g/mol. The summed E-state index contributed by atoms with van der Waals surface area (Å²) in [4.78, 5) is 15.8. The maximum Gasteiger partial charge on any atom is 0.244 e. The highest BCUT2D eigenvalue weighted by Crippen LogP contribution is 2.21. The van der Waals surface area contributed by atoms with Gasteiger partial charge < -0.3 is 10.1 Å². The molecule has 0 aliphatic heterocycles. The van der Waals surface area contributed by atoms with Gasteiger partial charge in [0.15, 0.2) is 0 Å². The van der Waals surface area contributed by atoms with Gasteiger partial charge in [0.25, 0.3) is 0 Å². The monoisotopic (exact) mass is 288 g/mol. The van der Waals surface area contributed by atoms with Crippen molar-refractivity contribution in [1.29, 1.82) is 0 Å². The zero-order chi connectivity index (χ0) is 15.2. The Morgan fingerprint density at radius 3 is 2.71 bits per heavy atom. The number of para-hydroxylation sites is 1. The molecule has 0 saturated carbocycles. The van der Waals surface area contributed by atoms with Gasteiger partial charge >= 0.3 is 0 Å². The molecule has 0 bridgehead atoms. The molecule has 6 nitrogen and oxygen atoms in total. The molecule has 0 fully saturated rings. The number of ether oxygens (including phenoxy) is 1.